The van der Waals surface area contributed by atoms with Gasteiger partial charge < -0.3 is 9.64 Å². The Bertz CT molecular complexity index is 554. The van der Waals surface area contributed by atoms with Crippen LogP contribution in [0.5, 0.6) is 0 Å². The van der Waals surface area contributed by atoms with Crippen LogP contribution in [-0.4, -0.2) is 35.1 Å². The zero-order valence-electron chi connectivity index (χ0n) is 12.4. The van der Waals surface area contributed by atoms with Crippen molar-refractivity contribution in [3.8, 4) is 6.07 Å². The number of amides is 1. The number of carbonyl (C=O) groups is 1. The molecule has 1 amide bonds. The minimum absolute atomic E-state index is 0.0495. The maximum atomic E-state index is 12.6. The number of nitriles is 1. The van der Waals surface area contributed by atoms with Crippen molar-refractivity contribution in [2.75, 3.05) is 13.1 Å². The second-order valence-electron chi connectivity index (χ2n) is 6.48. The summed E-state index contributed by atoms with van der Waals surface area (Å²) in [6.45, 7) is 9.04. The van der Waals surface area contributed by atoms with Crippen LogP contribution in [-0.2, 0) is 4.74 Å². The smallest absolute Gasteiger partial charge is 0.254 e. The van der Waals surface area contributed by atoms with Gasteiger partial charge in [0.1, 0.15) is 0 Å². The first-order chi connectivity index (χ1) is 9.22. The van der Waals surface area contributed by atoms with Gasteiger partial charge in [-0.2, -0.15) is 5.26 Å². The summed E-state index contributed by atoms with van der Waals surface area (Å²) in [4.78, 5) is 14.4. The molecule has 0 radical (unpaired) electrons. The minimum atomic E-state index is -0.371. The average molecular weight is 272 g/mol. The molecule has 1 aliphatic rings. The van der Waals surface area contributed by atoms with E-state index in [4.69, 9.17) is 10.00 Å². The molecule has 2 rings (SSSR count). The van der Waals surface area contributed by atoms with E-state index in [9.17, 15) is 4.79 Å². The fourth-order valence-corrected chi connectivity index (χ4v) is 2.84. The Balaban J connectivity index is 2.26. The lowest BCUT2D eigenvalue weighted by Crippen LogP contribution is -2.58. The molecule has 1 aliphatic heterocycles. The fraction of sp³-hybridized carbons (Fsp3) is 0.500. The van der Waals surface area contributed by atoms with Crippen LogP contribution in [0.25, 0.3) is 0 Å². The Morgan fingerprint density at radius 1 is 1.25 bits per heavy atom. The van der Waals surface area contributed by atoms with Gasteiger partial charge in [0.05, 0.1) is 22.8 Å². The van der Waals surface area contributed by atoms with E-state index in [0.29, 0.717) is 24.2 Å². The van der Waals surface area contributed by atoms with Gasteiger partial charge in [-0.3, -0.25) is 4.79 Å². The van der Waals surface area contributed by atoms with Crippen molar-refractivity contribution in [3.05, 3.63) is 35.4 Å². The predicted octanol–water partition coefficient (Wildman–Crippen LogP) is 2.59. The lowest BCUT2D eigenvalue weighted by molar-refractivity contribution is -0.171. The first kappa shape index (κ1) is 14.5. The Kier molecular flexibility index (Phi) is 3.58. The predicted molar refractivity (Wildman–Crippen MR) is 76.3 cm³/mol. The topological polar surface area (TPSA) is 53.3 Å². The zero-order valence-corrected chi connectivity index (χ0v) is 12.4. The van der Waals surface area contributed by atoms with Crippen molar-refractivity contribution < 1.29 is 9.53 Å². The van der Waals surface area contributed by atoms with Crippen LogP contribution in [0.3, 0.4) is 0 Å². The largest absolute Gasteiger partial charge is 0.366 e. The van der Waals surface area contributed by atoms with E-state index in [1.54, 1.807) is 29.2 Å². The van der Waals surface area contributed by atoms with Gasteiger partial charge in [0, 0.05) is 18.7 Å². The van der Waals surface area contributed by atoms with Crippen molar-refractivity contribution in [1.82, 2.24) is 4.90 Å². The molecule has 0 aliphatic carbocycles. The number of ether oxygens (including phenoxy) is 1. The summed E-state index contributed by atoms with van der Waals surface area (Å²) in [7, 11) is 0. The lowest BCUT2D eigenvalue weighted by Gasteiger charge is -2.47. The quantitative estimate of drug-likeness (QED) is 0.789. The molecule has 0 N–H and O–H groups in total. The standard InChI is InChI=1S/C16H20N2O2/c1-15(2)10-18(11-16(3,4)20-15)14(19)13-7-5-6-12(8-13)9-17/h5-8H,10-11H2,1-4H3. The van der Waals surface area contributed by atoms with Gasteiger partial charge >= 0.3 is 0 Å². The minimum Gasteiger partial charge on any atom is -0.366 e. The first-order valence-corrected chi connectivity index (χ1v) is 6.72. The number of morpholine rings is 1. The molecule has 1 saturated heterocycles. The van der Waals surface area contributed by atoms with Crippen LogP contribution in [0, 0.1) is 11.3 Å². The van der Waals surface area contributed by atoms with E-state index >= 15 is 0 Å². The SMILES string of the molecule is CC1(C)CN(C(=O)c2cccc(C#N)c2)CC(C)(C)O1. The van der Waals surface area contributed by atoms with Gasteiger partial charge in [-0.1, -0.05) is 6.07 Å². The molecule has 106 valence electrons. The van der Waals surface area contributed by atoms with Crippen LogP contribution < -0.4 is 0 Å². The Morgan fingerprint density at radius 3 is 2.40 bits per heavy atom. The lowest BCUT2D eigenvalue weighted by atomic mass is 9.98. The summed E-state index contributed by atoms with van der Waals surface area (Å²) >= 11 is 0. The molecule has 0 spiro atoms. The van der Waals surface area contributed by atoms with E-state index in [2.05, 4.69) is 6.07 Å². The molecule has 4 heteroatoms. The molecule has 0 saturated carbocycles. The molecule has 4 nitrogen and oxygen atoms in total. The van der Waals surface area contributed by atoms with E-state index in [0.717, 1.165) is 0 Å². The number of carbonyl (C=O) groups excluding carboxylic acids is 1. The van der Waals surface area contributed by atoms with Gasteiger partial charge in [0.2, 0.25) is 0 Å². The third-order valence-corrected chi connectivity index (χ3v) is 3.22. The molecule has 0 bridgehead atoms. The molecule has 0 atom stereocenters. The summed E-state index contributed by atoms with van der Waals surface area (Å²) in [6, 6.07) is 8.88. The number of hydrogen-bond acceptors (Lipinski definition) is 3. The van der Waals surface area contributed by atoms with Gasteiger partial charge in [0.25, 0.3) is 5.91 Å². The van der Waals surface area contributed by atoms with E-state index in [1.807, 2.05) is 27.7 Å². The van der Waals surface area contributed by atoms with Crippen molar-refractivity contribution >= 4 is 5.91 Å². The van der Waals surface area contributed by atoms with Crippen molar-refractivity contribution in [3.63, 3.8) is 0 Å². The molecular formula is C16H20N2O2. The van der Waals surface area contributed by atoms with Crippen molar-refractivity contribution in [1.29, 1.82) is 5.26 Å². The van der Waals surface area contributed by atoms with Gasteiger partial charge in [-0.05, 0) is 45.9 Å². The highest BCUT2D eigenvalue weighted by atomic mass is 16.5. The van der Waals surface area contributed by atoms with Crippen molar-refractivity contribution in [2.45, 2.75) is 38.9 Å². The average Bonchev–Trinajstić information content (AvgIpc) is 2.34. The number of rotatable bonds is 1. The van der Waals surface area contributed by atoms with Gasteiger partial charge in [-0.15, -0.1) is 0 Å². The second-order valence-corrected chi connectivity index (χ2v) is 6.48. The Labute approximate surface area is 120 Å². The van der Waals surface area contributed by atoms with Gasteiger partial charge in [-0.25, -0.2) is 0 Å². The number of benzene rings is 1. The Morgan fingerprint density at radius 2 is 1.85 bits per heavy atom. The maximum Gasteiger partial charge on any atom is 0.254 e. The van der Waals surface area contributed by atoms with Crippen LogP contribution in [0.2, 0.25) is 0 Å². The highest BCUT2D eigenvalue weighted by Crippen LogP contribution is 2.29. The van der Waals surface area contributed by atoms with E-state index < -0.39 is 0 Å². The molecule has 0 aromatic heterocycles. The molecule has 1 aromatic rings. The fourth-order valence-electron chi connectivity index (χ4n) is 2.84. The maximum absolute atomic E-state index is 12.6. The summed E-state index contributed by atoms with van der Waals surface area (Å²) in [6.07, 6.45) is 0. The molecule has 0 unspecified atom stereocenters. The second kappa shape index (κ2) is 4.92. The summed E-state index contributed by atoms with van der Waals surface area (Å²) < 4.78 is 5.98. The molecular weight excluding hydrogens is 252 g/mol. The van der Waals surface area contributed by atoms with Crippen LogP contribution in [0.4, 0.5) is 0 Å². The van der Waals surface area contributed by atoms with Crippen LogP contribution >= 0.6 is 0 Å². The third kappa shape index (κ3) is 3.17. The molecule has 1 aromatic carbocycles. The summed E-state index contributed by atoms with van der Waals surface area (Å²) in [5.41, 5.74) is 0.314. The van der Waals surface area contributed by atoms with Crippen LogP contribution in [0.1, 0.15) is 43.6 Å². The van der Waals surface area contributed by atoms with Crippen LogP contribution in [0.15, 0.2) is 24.3 Å². The van der Waals surface area contributed by atoms with E-state index in [1.165, 1.54) is 0 Å². The number of hydrogen-bond donors (Lipinski definition) is 0. The number of nitrogens with zero attached hydrogens (tertiary/aromatic N) is 2. The zero-order chi connectivity index (χ0) is 15.0. The van der Waals surface area contributed by atoms with Crippen molar-refractivity contribution in [2.24, 2.45) is 0 Å². The summed E-state index contributed by atoms with van der Waals surface area (Å²) in [5.74, 6) is -0.0495. The molecule has 1 heterocycles. The first-order valence-electron chi connectivity index (χ1n) is 6.72. The highest BCUT2D eigenvalue weighted by molar-refractivity contribution is 5.94. The molecule has 1 fully saturated rings. The third-order valence-electron chi connectivity index (χ3n) is 3.22. The summed E-state index contributed by atoms with van der Waals surface area (Å²) in [5, 5.41) is 8.93. The normalized spacial score (nSPS) is 20.2. The van der Waals surface area contributed by atoms with Gasteiger partial charge in [0.15, 0.2) is 0 Å². The van der Waals surface area contributed by atoms with E-state index in [-0.39, 0.29) is 17.1 Å². The highest BCUT2D eigenvalue weighted by Gasteiger charge is 2.40. The molecule has 20 heavy (non-hydrogen) atoms. The monoisotopic (exact) mass is 272 g/mol. The Hall–Kier alpha value is -1.86.